The molecule has 3 heteroatoms. The number of hydrogen-bond donors (Lipinski definition) is 1. The fraction of sp³-hybridized carbons (Fsp3) is 0.571. The Morgan fingerprint density at radius 3 is 2.18 bits per heavy atom. The maximum atomic E-state index is 13.9. The van der Waals surface area contributed by atoms with E-state index in [9.17, 15) is 9.50 Å². The normalized spacial score (nSPS) is 40.5. The predicted octanol–water partition coefficient (Wildman–Crippen LogP) is 3.98. The molecule has 2 atom stereocenters. The third-order valence-corrected chi connectivity index (χ3v) is 5.48. The van der Waals surface area contributed by atoms with Crippen molar-refractivity contribution in [1.29, 1.82) is 0 Å². The van der Waals surface area contributed by atoms with Crippen LogP contribution in [0.15, 0.2) is 24.3 Å². The summed E-state index contributed by atoms with van der Waals surface area (Å²) in [6.07, 6.45) is 4.87. The fourth-order valence-corrected chi connectivity index (χ4v) is 3.97. The molecule has 2 fully saturated rings. The Hall–Kier alpha value is -0.620. The van der Waals surface area contributed by atoms with Gasteiger partial charge in [-0.2, -0.15) is 0 Å². The maximum absolute atomic E-state index is 13.9. The summed E-state index contributed by atoms with van der Waals surface area (Å²) >= 11 is 0. The van der Waals surface area contributed by atoms with Crippen LogP contribution in [0.1, 0.15) is 43.6 Å². The summed E-state index contributed by atoms with van der Waals surface area (Å²) in [5, 5.41) is 8.29. The zero-order valence-electron chi connectivity index (χ0n) is 9.82. The molecule has 2 unspecified atom stereocenters. The lowest BCUT2D eigenvalue weighted by molar-refractivity contribution is 0.234. The van der Waals surface area contributed by atoms with Gasteiger partial charge in [-0.3, -0.25) is 0 Å². The van der Waals surface area contributed by atoms with Gasteiger partial charge >= 0.3 is 0 Å². The number of phenols is 1. The summed E-state index contributed by atoms with van der Waals surface area (Å²) in [5.41, 5.74) is 1.26. The molecule has 1 aromatic rings. The quantitative estimate of drug-likeness (QED) is 0.749. The molecule has 0 saturated heterocycles. The standard InChI is InChI=1S/C14H18FOP/c15-14(17)9-13(14)7-5-11(6-8-13)10-1-3-12(16)4-2-10/h1-4,11,16H,5-9,17H2. The van der Waals surface area contributed by atoms with Crippen LogP contribution in [0, 0.1) is 5.41 Å². The summed E-state index contributed by atoms with van der Waals surface area (Å²) < 4.78 is 13.9. The highest BCUT2D eigenvalue weighted by molar-refractivity contribution is 7.19. The van der Waals surface area contributed by atoms with E-state index in [2.05, 4.69) is 9.24 Å². The molecular weight excluding hydrogens is 234 g/mol. The minimum atomic E-state index is -0.979. The zero-order valence-corrected chi connectivity index (χ0v) is 11.0. The largest absolute Gasteiger partial charge is 0.508 e. The van der Waals surface area contributed by atoms with Gasteiger partial charge in [0.05, 0.1) is 0 Å². The van der Waals surface area contributed by atoms with Crippen molar-refractivity contribution in [2.24, 2.45) is 5.41 Å². The third-order valence-electron chi connectivity index (χ3n) is 4.66. The first-order valence-corrected chi connectivity index (χ1v) is 6.87. The van der Waals surface area contributed by atoms with Crippen LogP contribution in [0.4, 0.5) is 4.39 Å². The molecule has 1 aromatic carbocycles. The molecule has 1 nitrogen and oxygen atoms in total. The highest BCUT2D eigenvalue weighted by atomic mass is 31.0. The highest BCUT2D eigenvalue weighted by Crippen LogP contribution is 2.70. The van der Waals surface area contributed by atoms with Gasteiger partial charge in [-0.25, -0.2) is 4.39 Å². The number of hydrogen-bond acceptors (Lipinski definition) is 1. The molecule has 17 heavy (non-hydrogen) atoms. The van der Waals surface area contributed by atoms with Crippen LogP contribution >= 0.6 is 9.24 Å². The smallest absolute Gasteiger partial charge is 0.130 e. The molecule has 1 N–H and O–H groups in total. The lowest BCUT2D eigenvalue weighted by atomic mass is 9.76. The SMILES string of the molecule is Oc1ccc(C2CCC3(CC2)CC3(F)P)cc1. The highest BCUT2D eigenvalue weighted by Gasteiger charge is 2.65. The van der Waals surface area contributed by atoms with Gasteiger partial charge in [0.1, 0.15) is 11.2 Å². The summed E-state index contributed by atoms with van der Waals surface area (Å²) in [7, 11) is 2.39. The second-order valence-electron chi connectivity index (χ2n) is 5.69. The summed E-state index contributed by atoms with van der Waals surface area (Å²) in [6, 6.07) is 7.47. The Kier molecular flexibility index (Phi) is 2.49. The van der Waals surface area contributed by atoms with Gasteiger partial charge < -0.3 is 5.11 Å². The number of aromatic hydroxyl groups is 1. The molecule has 0 aliphatic heterocycles. The van der Waals surface area contributed by atoms with Gasteiger partial charge in [0, 0.05) is 5.41 Å². The van der Waals surface area contributed by atoms with Crippen molar-refractivity contribution < 1.29 is 9.50 Å². The van der Waals surface area contributed by atoms with Crippen LogP contribution < -0.4 is 0 Å². The molecule has 2 aliphatic carbocycles. The molecule has 2 aliphatic rings. The molecule has 2 saturated carbocycles. The summed E-state index contributed by atoms with van der Waals surface area (Å²) in [5.74, 6) is 0.860. The molecule has 0 bridgehead atoms. The van der Waals surface area contributed by atoms with E-state index in [0.29, 0.717) is 11.7 Å². The molecular formula is C14H18FOP. The number of alkyl halides is 1. The molecule has 0 heterocycles. The second kappa shape index (κ2) is 3.68. The minimum Gasteiger partial charge on any atom is -0.508 e. The molecule has 0 amide bonds. The lowest BCUT2D eigenvalue weighted by Gasteiger charge is -2.30. The van der Waals surface area contributed by atoms with Gasteiger partial charge in [0.25, 0.3) is 0 Å². The Morgan fingerprint density at radius 1 is 1.18 bits per heavy atom. The Bertz CT molecular complexity index is 418. The average Bonchev–Trinajstić information content (AvgIpc) is 2.82. The minimum absolute atomic E-state index is 0.0227. The first-order chi connectivity index (χ1) is 8.02. The van der Waals surface area contributed by atoms with Crippen molar-refractivity contribution in [1.82, 2.24) is 0 Å². The Labute approximate surface area is 104 Å². The van der Waals surface area contributed by atoms with Crippen molar-refractivity contribution in [3.8, 4) is 5.75 Å². The van der Waals surface area contributed by atoms with E-state index in [0.717, 1.165) is 32.1 Å². The van der Waals surface area contributed by atoms with Gasteiger partial charge in [-0.1, -0.05) is 21.4 Å². The van der Waals surface area contributed by atoms with E-state index >= 15 is 0 Å². The van der Waals surface area contributed by atoms with Gasteiger partial charge in [0.15, 0.2) is 0 Å². The van der Waals surface area contributed by atoms with Crippen molar-refractivity contribution in [3.05, 3.63) is 29.8 Å². The van der Waals surface area contributed by atoms with Crippen molar-refractivity contribution in [3.63, 3.8) is 0 Å². The van der Waals surface area contributed by atoms with Crippen LogP contribution in [0.3, 0.4) is 0 Å². The lowest BCUT2D eigenvalue weighted by Crippen LogP contribution is -2.18. The van der Waals surface area contributed by atoms with Crippen LogP contribution in [0.5, 0.6) is 5.75 Å². The van der Waals surface area contributed by atoms with Crippen LogP contribution in [0.2, 0.25) is 0 Å². The van der Waals surface area contributed by atoms with Gasteiger partial charge in [0.2, 0.25) is 0 Å². The topological polar surface area (TPSA) is 20.2 Å². The average molecular weight is 252 g/mol. The van der Waals surface area contributed by atoms with E-state index < -0.39 is 5.41 Å². The number of benzene rings is 1. The Balaban J connectivity index is 1.68. The zero-order chi connectivity index (χ0) is 12.1. The molecule has 1 spiro atoms. The van der Waals surface area contributed by atoms with E-state index in [1.54, 1.807) is 12.1 Å². The van der Waals surface area contributed by atoms with Crippen molar-refractivity contribution in [2.75, 3.05) is 0 Å². The van der Waals surface area contributed by atoms with Crippen LogP contribution in [-0.2, 0) is 0 Å². The van der Waals surface area contributed by atoms with E-state index in [-0.39, 0.29) is 5.41 Å². The van der Waals surface area contributed by atoms with Gasteiger partial charge in [-0.15, -0.1) is 0 Å². The number of rotatable bonds is 1. The third kappa shape index (κ3) is 1.87. The fourth-order valence-electron chi connectivity index (χ4n) is 3.29. The van der Waals surface area contributed by atoms with Crippen molar-refractivity contribution >= 4 is 9.24 Å². The monoisotopic (exact) mass is 252 g/mol. The van der Waals surface area contributed by atoms with Crippen LogP contribution in [-0.4, -0.2) is 10.5 Å². The molecule has 0 aromatic heterocycles. The first kappa shape index (κ1) is 11.5. The Morgan fingerprint density at radius 2 is 1.71 bits per heavy atom. The molecule has 0 radical (unpaired) electrons. The van der Waals surface area contributed by atoms with E-state index in [1.807, 2.05) is 12.1 Å². The van der Waals surface area contributed by atoms with E-state index in [1.165, 1.54) is 5.56 Å². The van der Waals surface area contributed by atoms with Gasteiger partial charge in [-0.05, 0) is 55.7 Å². The second-order valence-corrected chi connectivity index (χ2v) is 6.60. The van der Waals surface area contributed by atoms with E-state index in [4.69, 9.17) is 0 Å². The summed E-state index contributed by atoms with van der Waals surface area (Å²) in [6.45, 7) is 0. The van der Waals surface area contributed by atoms with Crippen LogP contribution in [0.25, 0.3) is 0 Å². The molecule has 92 valence electrons. The van der Waals surface area contributed by atoms with Crippen molar-refractivity contribution in [2.45, 2.75) is 43.4 Å². The molecule has 3 rings (SSSR count). The predicted molar refractivity (Wildman–Crippen MR) is 69.9 cm³/mol. The number of halogens is 1. The number of phenolic OH excluding ortho intramolecular Hbond substituents is 1. The summed E-state index contributed by atoms with van der Waals surface area (Å²) in [4.78, 5) is 0. The first-order valence-electron chi connectivity index (χ1n) is 6.29. The maximum Gasteiger partial charge on any atom is 0.130 e.